The first kappa shape index (κ1) is 19.2. The molecular formula is C17H24N4O3. The van der Waals surface area contributed by atoms with Gasteiger partial charge in [0.05, 0.1) is 6.54 Å². The molecule has 7 nitrogen and oxygen atoms in total. The highest BCUT2D eigenvalue weighted by Gasteiger charge is 2.14. The molecule has 0 bridgehead atoms. The Morgan fingerprint density at radius 1 is 1.08 bits per heavy atom. The molecule has 1 aromatic rings. The van der Waals surface area contributed by atoms with Crippen molar-refractivity contribution in [3.05, 3.63) is 42.5 Å². The van der Waals surface area contributed by atoms with Crippen LogP contribution < -0.4 is 21.3 Å². The van der Waals surface area contributed by atoms with Gasteiger partial charge in [0.15, 0.2) is 0 Å². The second-order valence-electron chi connectivity index (χ2n) is 6.18. The first-order valence-electron chi connectivity index (χ1n) is 7.56. The van der Waals surface area contributed by atoms with Gasteiger partial charge in [0, 0.05) is 23.3 Å². The van der Waals surface area contributed by atoms with Crippen LogP contribution in [0.4, 0.5) is 10.5 Å². The van der Waals surface area contributed by atoms with Crippen molar-refractivity contribution in [3.8, 4) is 0 Å². The first-order valence-corrected chi connectivity index (χ1v) is 7.56. The van der Waals surface area contributed by atoms with Crippen LogP contribution in [-0.4, -0.2) is 36.5 Å². The Morgan fingerprint density at radius 3 is 2.25 bits per heavy atom. The predicted octanol–water partition coefficient (Wildman–Crippen LogP) is 1.64. The van der Waals surface area contributed by atoms with Gasteiger partial charge in [-0.1, -0.05) is 6.08 Å². The maximum atomic E-state index is 11.8. The first-order chi connectivity index (χ1) is 11.2. The number of urea groups is 1. The maximum Gasteiger partial charge on any atom is 0.319 e. The number of hydrogen-bond donors (Lipinski definition) is 4. The fourth-order valence-electron chi connectivity index (χ4n) is 1.77. The van der Waals surface area contributed by atoms with E-state index in [-0.39, 0.29) is 23.9 Å². The minimum absolute atomic E-state index is 0.120. The van der Waals surface area contributed by atoms with E-state index in [0.29, 0.717) is 17.8 Å². The topological polar surface area (TPSA) is 99.3 Å². The second kappa shape index (κ2) is 8.71. The lowest BCUT2D eigenvalue weighted by Gasteiger charge is -2.20. The van der Waals surface area contributed by atoms with Crippen LogP contribution in [0.25, 0.3) is 0 Å². The maximum absolute atomic E-state index is 11.8. The van der Waals surface area contributed by atoms with Crippen molar-refractivity contribution in [3.63, 3.8) is 0 Å². The molecule has 0 saturated carbocycles. The molecule has 7 heteroatoms. The molecule has 0 atom stereocenters. The number of rotatable bonds is 6. The molecule has 4 N–H and O–H groups in total. The highest BCUT2D eigenvalue weighted by Crippen LogP contribution is 2.09. The lowest BCUT2D eigenvalue weighted by molar-refractivity contribution is -0.121. The molecule has 0 radical (unpaired) electrons. The number of carbonyl (C=O) groups excluding carboxylic acids is 3. The van der Waals surface area contributed by atoms with Crippen LogP contribution in [0.5, 0.6) is 0 Å². The van der Waals surface area contributed by atoms with E-state index < -0.39 is 6.03 Å². The summed E-state index contributed by atoms with van der Waals surface area (Å²) >= 11 is 0. The Kier molecular flexibility index (Phi) is 6.98. The van der Waals surface area contributed by atoms with Crippen molar-refractivity contribution in [1.82, 2.24) is 16.0 Å². The van der Waals surface area contributed by atoms with Gasteiger partial charge in [-0.05, 0) is 45.0 Å². The molecule has 1 aromatic carbocycles. The normalized spacial score (nSPS) is 10.5. The molecule has 0 aromatic heterocycles. The molecule has 0 aliphatic carbocycles. The minimum atomic E-state index is -0.497. The Morgan fingerprint density at radius 2 is 1.71 bits per heavy atom. The van der Waals surface area contributed by atoms with Gasteiger partial charge in [-0.15, -0.1) is 6.58 Å². The van der Waals surface area contributed by atoms with E-state index >= 15 is 0 Å². The van der Waals surface area contributed by atoms with E-state index in [1.807, 2.05) is 20.8 Å². The zero-order valence-electron chi connectivity index (χ0n) is 14.2. The SMILES string of the molecule is C=CCNC(=O)c1ccc(NC(=O)NCC(=O)NC(C)(C)C)cc1. The molecule has 24 heavy (non-hydrogen) atoms. The molecule has 0 unspecified atom stereocenters. The Labute approximate surface area is 141 Å². The van der Waals surface area contributed by atoms with Crippen LogP contribution >= 0.6 is 0 Å². The third-order valence-corrected chi connectivity index (χ3v) is 2.74. The highest BCUT2D eigenvalue weighted by atomic mass is 16.2. The fraction of sp³-hybridized carbons (Fsp3) is 0.353. The Hall–Kier alpha value is -2.83. The van der Waals surface area contributed by atoms with Gasteiger partial charge >= 0.3 is 6.03 Å². The summed E-state index contributed by atoms with van der Waals surface area (Å²) in [7, 11) is 0. The van der Waals surface area contributed by atoms with Gasteiger partial charge in [-0.2, -0.15) is 0 Å². The summed E-state index contributed by atoms with van der Waals surface area (Å²) in [5, 5.41) is 10.5. The summed E-state index contributed by atoms with van der Waals surface area (Å²) in [5.74, 6) is -0.489. The Balaban J connectivity index is 2.46. The molecule has 0 saturated heterocycles. The third-order valence-electron chi connectivity index (χ3n) is 2.74. The smallest absolute Gasteiger partial charge is 0.319 e. The van der Waals surface area contributed by atoms with E-state index in [2.05, 4.69) is 27.8 Å². The molecule has 0 spiro atoms. The van der Waals surface area contributed by atoms with Crippen molar-refractivity contribution >= 4 is 23.5 Å². The molecule has 1 rings (SSSR count). The standard InChI is InChI=1S/C17H24N4O3/c1-5-10-18-15(23)12-6-8-13(9-7-12)20-16(24)19-11-14(22)21-17(2,3)4/h5-9H,1,10-11H2,2-4H3,(H,18,23)(H,21,22)(H2,19,20,24). The largest absolute Gasteiger partial charge is 0.350 e. The van der Waals surface area contributed by atoms with Crippen LogP contribution in [-0.2, 0) is 4.79 Å². The lowest BCUT2D eigenvalue weighted by atomic mass is 10.1. The van der Waals surface area contributed by atoms with Crippen LogP contribution in [0.1, 0.15) is 31.1 Å². The van der Waals surface area contributed by atoms with Crippen molar-refractivity contribution in [2.75, 3.05) is 18.4 Å². The zero-order chi connectivity index (χ0) is 18.2. The quantitative estimate of drug-likeness (QED) is 0.596. The van der Waals surface area contributed by atoms with Crippen molar-refractivity contribution in [2.24, 2.45) is 0 Å². The average molecular weight is 332 g/mol. The number of hydrogen-bond acceptors (Lipinski definition) is 3. The molecule has 0 aliphatic rings. The fourth-order valence-corrected chi connectivity index (χ4v) is 1.77. The van der Waals surface area contributed by atoms with Crippen molar-refractivity contribution < 1.29 is 14.4 Å². The number of benzene rings is 1. The van der Waals surface area contributed by atoms with E-state index in [9.17, 15) is 14.4 Å². The number of carbonyl (C=O) groups is 3. The zero-order valence-corrected chi connectivity index (χ0v) is 14.2. The van der Waals surface area contributed by atoms with Crippen LogP contribution in [0.2, 0.25) is 0 Å². The third kappa shape index (κ3) is 7.44. The molecule has 0 aliphatic heterocycles. The van der Waals surface area contributed by atoms with Gasteiger partial charge in [0.25, 0.3) is 5.91 Å². The summed E-state index contributed by atoms with van der Waals surface area (Å²) in [6, 6.07) is 5.92. The summed E-state index contributed by atoms with van der Waals surface area (Å²) in [6.07, 6.45) is 1.59. The van der Waals surface area contributed by atoms with E-state index in [4.69, 9.17) is 0 Å². The van der Waals surface area contributed by atoms with E-state index in [1.165, 1.54) is 0 Å². The van der Waals surface area contributed by atoms with Gasteiger partial charge < -0.3 is 21.3 Å². The molecule has 4 amide bonds. The summed E-state index contributed by atoms with van der Waals surface area (Å²) in [5.41, 5.74) is 0.647. The minimum Gasteiger partial charge on any atom is -0.350 e. The van der Waals surface area contributed by atoms with Crippen LogP contribution in [0, 0.1) is 0 Å². The number of nitrogens with one attached hydrogen (secondary N) is 4. The van der Waals surface area contributed by atoms with Crippen molar-refractivity contribution in [2.45, 2.75) is 26.3 Å². The predicted molar refractivity (Wildman–Crippen MR) is 93.9 cm³/mol. The molecule has 0 fully saturated rings. The van der Waals surface area contributed by atoms with Crippen LogP contribution in [0.15, 0.2) is 36.9 Å². The summed E-state index contributed by atoms with van der Waals surface area (Å²) in [4.78, 5) is 35.1. The van der Waals surface area contributed by atoms with E-state index in [1.54, 1.807) is 30.3 Å². The molecule has 130 valence electrons. The van der Waals surface area contributed by atoms with E-state index in [0.717, 1.165) is 0 Å². The number of amides is 4. The van der Waals surface area contributed by atoms with Gasteiger partial charge in [-0.25, -0.2) is 4.79 Å². The summed E-state index contributed by atoms with van der Waals surface area (Å²) in [6.45, 7) is 9.37. The van der Waals surface area contributed by atoms with Gasteiger partial charge in [-0.3, -0.25) is 9.59 Å². The van der Waals surface area contributed by atoms with Crippen LogP contribution in [0.3, 0.4) is 0 Å². The molecule has 0 heterocycles. The Bertz CT molecular complexity index is 603. The highest BCUT2D eigenvalue weighted by molar-refractivity contribution is 5.96. The van der Waals surface area contributed by atoms with Gasteiger partial charge in [0.2, 0.25) is 5.91 Å². The molecular weight excluding hydrogens is 308 g/mol. The van der Waals surface area contributed by atoms with Crippen molar-refractivity contribution in [1.29, 1.82) is 0 Å². The number of anilines is 1. The lowest BCUT2D eigenvalue weighted by Crippen LogP contribution is -2.46. The van der Waals surface area contributed by atoms with Gasteiger partial charge in [0.1, 0.15) is 0 Å². The summed E-state index contributed by atoms with van der Waals surface area (Å²) < 4.78 is 0. The average Bonchev–Trinajstić information content (AvgIpc) is 2.49. The second-order valence-corrected chi connectivity index (χ2v) is 6.18. The monoisotopic (exact) mass is 332 g/mol.